The van der Waals surface area contributed by atoms with E-state index in [-0.39, 0.29) is 18.9 Å². The summed E-state index contributed by atoms with van der Waals surface area (Å²) in [4.78, 5) is 50.2. The third-order valence-corrected chi connectivity index (χ3v) is 5.40. The minimum absolute atomic E-state index is 0.0124. The zero-order chi connectivity index (χ0) is 23.8. The Kier molecular flexibility index (Phi) is 8.43. The molecule has 174 valence electrons. The summed E-state index contributed by atoms with van der Waals surface area (Å²) in [5.41, 5.74) is 1.36. The van der Waals surface area contributed by atoms with Gasteiger partial charge in [-0.3, -0.25) is 14.4 Å². The number of esters is 2. The molecule has 2 aromatic rings. The summed E-state index contributed by atoms with van der Waals surface area (Å²) in [5, 5.41) is 3.01. The smallest absolute Gasteiger partial charge is 0.338 e. The third kappa shape index (κ3) is 6.55. The van der Waals surface area contributed by atoms with Crippen molar-refractivity contribution in [2.75, 3.05) is 30.0 Å². The van der Waals surface area contributed by atoms with Gasteiger partial charge in [-0.15, -0.1) is 0 Å². The van der Waals surface area contributed by atoms with Crippen LogP contribution in [0.25, 0.3) is 0 Å². The van der Waals surface area contributed by atoms with Crippen LogP contribution in [0.1, 0.15) is 36.5 Å². The summed E-state index contributed by atoms with van der Waals surface area (Å²) in [7, 11) is 0. The van der Waals surface area contributed by atoms with Crippen LogP contribution in [0, 0.1) is 5.92 Å². The zero-order valence-electron chi connectivity index (χ0n) is 18.2. The van der Waals surface area contributed by atoms with Crippen molar-refractivity contribution in [2.45, 2.75) is 26.2 Å². The minimum Gasteiger partial charge on any atom is -0.462 e. The summed E-state index contributed by atoms with van der Waals surface area (Å²) in [5.74, 6) is -2.50. The standard InChI is InChI=1S/C24H25ClN2O6/c1-2-3-12-32-23(30)16-8-10-18(11-9-16)26-21(28)15-33-24(31)17-13-22(29)27(14-17)20-7-5-4-6-19(20)25/h4-11,17H,2-3,12-15H2,1H3,(H,26,28)/t17-/m1/s1. The van der Waals surface area contributed by atoms with E-state index in [4.69, 9.17) is 21.1 Å². The molecule has 0 saturated carbocycles. The van der Waals surface area contributed by atoms with E-state index in [2.05, 4.69) is 5.32 Å². The molecule has 1 aliphatic rings. The maximum atomic E-state index is 12.4. The number of benzene rings is 2. The largest absolute Gasteiger partial charge is 0.462 e. The zero-order valence-corrected chi connectivity index (χ0v) is 19.0. The van der Waals surface area contributed by atoms with Gasteiger partial charge in [0.2, 0.25) is 5.91 Å². The lowest BCUT2D eigenvalue weighted by Crippen LogP contribution is -2.28. The van der Waals surface area contributed by atoms with Gasteiger partial charge in [0.1, 0.15) is 0 Å². The third-order valence-electron chi connectivity index (χ3n) is 5.08. The Balaban J connectivity index is 1.46. The molecule has 0 unspecified atom stereocenters. The van der Waals surface area contributed by atoms with E-state index >= 15 is 0 Å². The Hall–Kier alpha value is -3.39. The van der Waals surface area contributed by atoms with Crippen molar-refractivity contribution in [1.29, 1.82) is 0 Å². The van der Waals surface area contributed by atoms with Crippen LogP contribution in [0.3, 0.4) is 0 Å². The predicted octanol–water partition coefficient (Wildman–Crippen LogP) is 3.83. The number of nitrogens with one attached hydrogen (secondary N) is 1. The first-order valence-electron chi connectivity index (χ1n) is 10.7. The monoisotopic (exact) mass is 472 g/mol. The molecule has 3 rings (SSSR count). The maximum Gasteiger partial charge on any atom is 0.338 e. The number of carbonyl (C=O) groups is 4. The second kappa shape index (κ2) is 11.5. The first-order chi connectivity index (χ1) is 15.9. The van der Waals surface area contributed by atoms with E-state index in [9.17, 15) is 19.2 Å². The van der Waals surface area contributed by atoms with Gasteiger partial charge >= 0.3 is 11.9 Å². The van der Waals surface area contributed by atoms with Crippen LogP contribution >= 0.6 is 11.6 Å². The SMILES string of the molecule is CCCCOC(=O)c1ccc(NC(=O)COC(=O)[C@@H]2CC(=O)N(c3ccccc3Cl)C2)cc1. The number of anilines is 2. The van der Waals surface area contributed by atoms with Gasteiger partial charge in [-0.05, 0) is 42.8 Å². The first-order valence-corrected chi connectivity index (χ1v) is 11.1. The van der Waals surface area contributed by atoms with Crippen molar-refractivity contribution in [3.05, 3.63) is 59.1 Å². The van der Waals surface area contributed by atoms with Crippen molar-refractivity contribution >= 4 is 46.7 Å². The second-order valence-corrected chi connectivity index (χ2v) is 7.99. The molecule has 33 heavy (non-hydrogen) atoms. The summed E-state index contributed by atoms with van der Waals surface area (Å²) < 4.78 is 10.2. The molecular weight excluding hydrogens is 448 g/mol. The lowest BCUT2D eigenvalue weighted by molar-refractivity contribution is -0.151. The Morgan fingerprint density at radius 1 is 1.09 bits per heavy atom. The molecule has 9 heteroatoms. The van der Waals surface area contributed by atoms with Gasteiger partial charge in [0, 0.05) is 18.7 Å². The lowest BCUT2D eigenvalue weighted by atomic mass is 10.1. The topological polar surface area (TPSA) is 102 Å². The van der Waals surface area contributed by atoms with Gasteiger partial charge in [0.15, 0.2) is 6.61 Å². The van der Waals surface area contributed by atoms with Gasteiger partial charge in [0.25, 0.3) is 5.91 Å². The Labute approximate surface area is 196 Å². The minimum atomic E-state index is -0.681. The number of ether oxygens (including phenoxy) is 2. The molecule has 1 heterocycles. The van der Waals surface area contributed by atoms with E-state index in [1.807, 2.05) is 6.92 Å². The quantitative estimate of drug-likeness (QED) is 0.439. The summed E-state index contributed by atoms with van der Waals surface area (Å²) in [6, 6.07) is 13.1. The van der Waals surface area contributed by atoms with Gasteiger partial charge < -0.3 is 19.7 Å². The van der Waals surface area contributed by atoms with Crippen LogP contribution in [0.15, 0.2) is 48.5 Å². The molecular formula is C24H25ClN2O6. The first kappa shape index (κ1) is 24.3. The normalized spacial score (nSPS) is 15.3. The number of hydrogen-bond donors (Lipinski definition) is 1. The van der Waals surface area contributed by atoms with E-state index in [0.29, 0.717) is 28.6 Å². The van der Waals surface area contributed by atoms with Crippen LogP contribution in [0.4, 0.5) is 11.4 Å². The van der Waals surface area contributed by atoms with E-state index in [1.54, 1.807) is 48.5 Å². The number of para-hydroxylation sites is 1. The second-order valence-electron chi connectivity index (χ2n) is 7.58. The lowest BCUT2D eigenvalue weighted by Gasteiger charge is -2.17. The number of halogens is 1. The van der Waals surface area contributed by atoms with Crippen molar-refractivity contribution in [2.24, 2.45) is 5.92 Å². The molecule has 1 N–H and O–H groups in total. The molecule has 1 aliphatic heterocycles. The number of carbonyl (C=O) groups excluding carboxylic acids is 4. The fourth-order valence-electron chi connectivity index (χ4n) is 3.30. The summed E-state index contributed by atoms with van der Waals surface area (Å²) >= 11 is 6.14. The number of rotatable bonds is 9. The highest BCUT2D eigenvalue weighted by Crippen LogP contribution is 2.31. The van der Waals surface area contributed by atoms with E-state index in [0.717, 1.165) is 12.8 Å². The fourth-order valence-corrected chi connectivity index (χ4v) is 3.54. The molecule has 0 radical (unpaired) electrons. The van der Waals surface area contributed by atoms with Crippen molar-refractivity contribution in [1.82, 2.24) is 0 Å². The van der Waals surface area contributed by atoms with Crippen LogP contribution < -0.4 is 10.2 Å². The van der Waals surface area contributed by atoms with Crippen molar-refractivity contribution in [3.63, 3.8) is 0 Å². The Morgan fingerprint density at radius 2 is 1.82 bits per heavy atom. The Morgan fingerprint density at radius 3 is 2.52 bits per heavy atom. The molecule has 1 fully saturated rings. The van der Waals surface area contributed by atoms with Crippen molar-refractivity contribution < 1.29 is 28.7 Å². The number of amides is 2. The van der Waals surface area contributed by atoms with Gasteiger partial charge in [-0.25, -0.2) is 4.79 Å². The molecule has 1 saturated heterocycles. The fraction of sp³-hybridized carbons (Fsp3) is 0.333. The average molecular weight is 473 g/mol. The molecule has 0 spiro atoms. The molecule has 0 aliphatic carbocycles. The van der Waals surface area contributed by atoms with Crippen molar-refractivity contribution in [3.8, 4) is 0 Å². The van der Waals surface area contributed by atoms with Gasteiger partial charge in [0.05, 0.1) is 28.8 Å². The van der Waals surface area contributed by atoms with Crippen LogP contribution in [0.2, 0.25) is 5.02 Å². The number of nitrogens with zero attached hydrogens (tertiary/aromatic N) is 1. The number of unbranched alkanes of at least 4 members (excludes halogenated alkanes) is 1. The van der Waals surface area contributed by atoms with Crippen LogP contribution in [0.5, 0.6) is 0 Å². The highest BCUT2D eigenvalue weighted by Gasteiger charge is 2.37. The average Bonchev–Trinajstić information content (AvgIpc) is 3.20. The van der Waals surface area contributed by atoms with E-state index < -0.39 is 30.4 Å². The van der Waals surface area contributed by atoms with Crippen LogP contribution in [-0.4, -0.2) is 43.5 Å². The van der Waals surface area contributed by atoms with Gasteiger partial charge in [-0.2, -0.15) is 0 Å². The Bertz CT molecular complexity index is 1020. The molecule has 2 aromatic carbocycles. The highest BCUT2D eigenvalue weighted by molar-refractivity contribution is 6.33. The predicted molar refractivity (Wildman–Crippen MR) is 123 cm³/mol. The van der Waals surface area contributed by atoms with E-state index in [1.165, 1.54) is 4.90 Å². The molecule has 2 amide bonds. The number of hydrogen-bond acceptors (Lipinski definition) is 6. The molecule has 0 aromatic heterocycles. The maximum absolute atomic E-state index is 12.4. The van der Waals surface area contributed by atoms with Crippen LogP contribution in [-0.2, 0) is 23.9 Å². The van der Waals surface area contributed by atoms with Gasteiger partial charge in [-0.1, -0.05) is 37.1 Å². The molecule has 8 nitrogen and oxygen atoms in total. The highest BCUT2D eigenvalue weighted by atomic mass is 35.5. The summed E-state index contributed by atoms with van der Waals surface area (Å²) in [6.45, 7) is 2.02. The molecule has 0 bridgehead atoms. The summed E-state index contributed by atoms with van der Waals surface area (Å²) in [6.07, 6.45) is 1.71. The molecule has 1 atom stereocenters.